The largest absolute Gasteiger partial charge is 0.496 e. The molecule has 1 saturated carbocycles. The van der Waals surface area contributed by atoms with Gasteiger partial charge in [0.25, 0.3) is 0 Å². The van der Waals surface area contributed by atoms with Crippen LogP contribution in [0.15, 0.2) is 22.7 Å². The number of carbonyl (C=O) groups is 1. The molecule has 0 atom stereocenters. The van der Waals surface area contributed by atoms with Gasteiger partial charge in [-0.1, -0.05) is 15.9 Å². The molecule has 5 heteroatoms. The van der Waals surface area contributed by atoms with E-state index in [-0.39, 0.29) is 5.91 Å². The zero-order valence-corrected chi connectivity index (χ0v) is 13.2. The average molecular weight is 337 g/mol. The highest BCUT2D eigenvalue weighted by molar-refractivity contribution is 9.10. The van der Waals surface area contributed by atoms with Gasteiger partial charge in [0.05, 0.1) is 13.2 Å². The Kier molecular flexibility index (Phi) is 4.34. The van der Waals surface area contributed by atoms with Crippen LogP contribution in [0.3, 0.4) is 0 Å². The Morgan fingerprint density at radius 3 is 2.75 bits per heavy atom. The molecular formula is C15H17BrN2O2. The van der Waals surface area contributed by atoms with Gasteiger partial charge in [0.2, 0.25) is 5.91 Å². The van der Waals surface area contributed by atoms with Gasteiger partial charge in [-0.15, -0.1) is 0 Å². The molecule has 0 radical (unpaired) electrons. The van der Waals surface area contributed by atoms with Crippen molar-refractivity contribution in [3.63, 3.8) is 0 Å². The van der Waals surface area contributed by atoms with Crippen molar-refractivity contribution in [2.24, 2.45) is 5.41 Å². The van der Waals surface area contributed by atoms with E-state index in [9.17, 15) is 10.1 Å². The van der Waals surface area contributed by atoms with E-state index in [0.29, 0.717) is 19.4 Å². The standard InChI is InChI=1S/C15H17BrN2O2/c1-18(14(19)15(10-17)6-3-7-15)9-11-8-12(16)4-5-13(11)20-2/h4-5,8H,3,6-7,9H2,1-2H3. The minimum atomic E-state index is -0.798. The maximum atomic E-state index is 12.4. The van der Waals surface area contributed by atoms with Gasteiger partial charge in [-0.25, -0.2) is 0 Å². The van der Waals surface area contributed by atoms with Crippen LogP contribution in [0.1, 0.15) is 24.8 Å². The molecule has 0 aliphatic heterocycles. The topological polar surface area (TPSA) is 53.3 Å². The van der Waals surface area contributed by atoms with Gasteiger partial charge < -0.3 is 9.64 Å². The van der Waals surface area contributed by atoms with E-state index in [1.807, 2.05) is 18.2 Å². The number of halogens is 1. The van der Waals surface area contributed by atoms with E-state index in [4.69, 9.17) is 4.74 Å². The van der Waals surface area contributed by atoms with Crippen LogP contribution in [0.25, 0.3) is 0 Å². The molecule has 106 valence electrons. The summed E-state index contributed by atoms with van der Waals surface area (Å²) in [6.45, 7) is 0.435. The van der Waals surface area contributed by atoms with Crippen molar-refractivity contribution in [3.8, 4) is 11.8 Å². The number of hydrogen-bond acceptors (Lipinski definition) is 3. The first-order chi connectivity index (χ1) is 9.52. The molecule has 0 N–H and O–H groups in total. The Labute approximate surface area is 127 Å². The summed E-state index contributed by atoms with van der Waals surface area (Å²) in [5, 5.41) is 9.24. The van der Waals surface area contributed by atoms with Crippen LogP contribution in [0.2, 0.25) is 0 Å². The summed E-state index contributed by atoms with van der Waals surface area (Å²) in [6, 6.07) is 7.88. The Balaban J connectivity index is 2.16. The number of carbonyl (C=O) groups excluding carboxylic acids is 1. The number of benzene rings is 1. The number of methoxy groups -OCH3 is 1. The summed E-state index contributed by atoms with van der Waals surface area (Å²) in [6.07, 6.45) is 2.29. The quantitative estimate of drug-likeness (QED) is 0.848. The van der Waals surface area contributed by atoms with Gasteiger partial charge in [0.1, 0.15) is 11.2 Å². The summed E-state index contributed by atoms with van der Waals surface area (Å²) < 4.78 is 6.25. The van der Waals surface area contributed by atoms with Gasteiger partial charge >= 0.3 is 0 Å². The zero-order valence-electron chi connectivity index (χ0n) is 11.6. The molecule has 0 bridgehead atoms. The van der Waals surface area contributed by atoms with Crippen molar-refractivity contribution in [3.05, 3.63) is 28.2 Å². The van der Waals surface area contributed by atoms with E-state index in [2.05, 4.69) is 22.0 Å². The molecule has 1 aromatic carbocycles. The zero-order chi connectivity index (χ0) is 14.8. The lowest BCUT2D eigenvalue weighted by molar-refractivity contribution is -0.142. The van der Waals surface area contributed by atoms with Crippen LogP contribution >= 0.6 is 15.9 Å². The third-order valence-corrected chi connectivity index (χ3v) is 4.32. The molecule has 1 aromatic rings. The fourth-order valence-electron chi connectivity index (χ4n) is 2.47. The van der Waals surface area contributed by atoms with Gasteiger partial charge in [-0.05, 0) is 37.5 Å². The lowest BCUT2D eigenvalue weighted by Crippen LogP contribution is -2.45. The first-order valence-corrected chi connectivity index (χ1v) is 7.31. The Morgan fingerprint density at radius 2 is 2.25 bits per heavy atom. The van der Waals surface area contributed by atoms with Crippen LogP contribution in [0.4, 0.5) is 0 Å². The second-order valence-electron chi connectivity index (χ2n) is 5.16. The maximum absolute atomic E-state index is 12.4. The summed E-state index contributed by atoms with van der Waals surface area (Å²) in [5.74, 6) is 0.653. The molecule has 1 aliphatic rings. The van der Waals surface area contributed by atoms with Crippen LogP contribution in [-0.4, -0.2) is 25.0 Å². The highest BCUT2D eigenvalue weighted by Crippen LogP contribution is 2.42. The fraction of sp³-hybridized carbons (Fsp3) is 0.467. The number of nitrogens with zero attached hydrogens (tertiary/aromatic N) is 2. The molecule has 0 unspecified atom stereocenters. The second-order valence-corrected chi connectivity index (χ2v) is 6.08. The van der Waals surface area contributed by atoms with Crippen molar-refractivity contribution >= 4 is 21.8 Å². The number of ether oxygens (including phenoxy) is 1. The van der Waals surface area contributed by atoms with E-state index in [1.165, 1.54) is 0 Å². The molecule has 1 aliphatic carbocycles. The first-order valence-electron chi connectivity index (χ1n) is 6.51. The molecule has 1 amide bonds. The predicted octanol–water partition coefficient (Wildman–Crippen LogP) is 3.11. The van der Waals surface area contributed by atoms with Crippen LogP contribution in [0.5, 0.6) is 5.75 Å². The Bertz CT molecular complexity index is 561. The van der Waals surface area contributed by atoms with Gasteiger partial charge in [-0.3, -0.25) is 4.79 Å². The Hall–Kier alpha value is -1.54. The van der Waals surface area contributed by atoms with Crippen LogP contribution < -0.4 is 4.74 Å². The van der Waals surface area contributed by atoms with Gasteiger partial charge in [-0.2, -0.15) is 5.26 Å². The number of rotatable bonds is 4. The summed E-state index contributed by atoms with van der Waals surface area (Å²) in [7, 11) is 3.34. The normalized spacial score (nSPS) is 15.9. The SMILES string of the molecule is COc1ccc(Br)cc1CN(C)C(=O)C1(C#N)CCC1. The van der Waals surface area contributed by atoms with E-state index < -0.39 is 5.41 Å². The number of amides is 1. The van der Waals surface area contributed by atoms with E-state index in [1.54, 1.807) is 19.1 Å². The molecule has 2 rings (SSSR count). The minimum Gasteiger partial charge on any atom is -0.496 e. The minimum absolute atomic E-state index is 0.0896. The molecule has 0 spiro atoms. The van der Waals surface area contributed by atoms with Crippen molar-refractivity contribution in [2.45, 2.75) is 25.8 Å². The lowest BCUT2D eigenvalue weighted by atomic mass is 9.69. The predicted molar refractivity (Wildman–Crippen MR) is 79.1 cm³/mol. The van der Waals surface area contributed by atoms with E-state index in [0.717, 1.165) is 22.2 Å². The summed E-state index contributed by atoms with van der Waals surface area (Å²) in [5.41, 5.74) is 0.124. The highest BCUT2D eigenvalue weighted by Gasteiger charge is 2.46. The number of hydrogen-bond donors (Lipinski definition) is 0. The monoisotopic (exact) mass is 336 g/mol. The number of nitriles is 1. The van der Waals surface area contributed by atoms with Crippen molar-refractivity contribution in [1.82, 2.24) is 4.90 Å². The molecular weight excluding hydrogens is 320 g/mol. The first kappa shape index (κ1) is 14.9. The van der Waals surface area contributed by atoms with Crippen LogP contribution in [-0.2, 0) is 11.3 Å². The summed E-state index contributed by atoms with van der Waals surface area (Å²) >= 11 is 3.42. The fourth-order valence-corrected chi connectivity index (χ4v) is 2.88. The molecule has 1 fully saturated rings. The van der Waals surface area contributed by atoms with Crippen molar-refractivity contribution in [2.75, 3.05) is 14.2 Å². The molecule has 4 nitrogen and oxygen atoms in total. The van der Waals surface area contributed by atoms with Crippen molar-refractivity contribution in [1.29, 1.82) is 5.26 Å². The molecule has 20 heavy (non-hydrogen) atoms. The van der Waals surface area contributed by atoms with Crippen LogP contribution in [0, 0.1) is 16.7 Å². The smallest absolute Gasteiger partial charge is 0.243 e. The molecule has 0 saturated heterocycles. The summed E-state index contributed by atoms with van der Waals surface area (Å²) in [4.78, 5) is 14.0. The maximum Gasteiger partial charge on any atom is 0.243 e. The van der Waals surface area contributed by atoms with Crippen molar-refractivity contribution < 1.29 is 9.53 Å². The highest BCUT2D eigenvalue weighted by atomic mass is 79.9. The van der Waals surface area contributed by atoms with Gasteiger partial charge in [0.15, 0.2) is 0 Å². The third-order valence-electron chi connectivity index (χ3n) is 3.83. The molecule has 0 aromatic heterocycles. The second kappa shape index (κ2) is 5.84. The lowest BCUT2D eigenvalue weighted by Gasteiger charge is -2.36. The molecule has 0 heterocycles. The van der Waals surface area contributed by atoms with E-state index >= 15 is 0 Å². The van der Waals surface area contributed by atoms with Gasteiger partial charge in [0, 0.05) is 23.6 Å². The Morgan fingerprint density at radius 1 is 1.55 bits per heavy atom. The third kappa shape index (κ3) is 2.66. The average Bonchev–Trinajstić information content (AvgIpc) is 2.38.